The lowest BCUT2D eigenvalue weighted by Gasteiger charge is -2.32. The number of Topliss-reactive ketones (excluding diaryl/α,β-unsaturated/α-hetero) is 1. The number of carbonyl (C=O) groups is 1. The number of hydrogen-bond donors (Lipinski definition) is 1. The first-order valence-corrected chi connectivity index (χ1v) is 9.92. The molecule has 5 rings (SSSR count). The number of aromatic nitrogens is 3. The minimum Gasteiger partial charge on any atom is -0.497 e. The van der Waals surface area contributed by atoms with Crippen molar-refractivity contribution in [1.82, 2.24) is 14.8 Å². The number of allylic oxidation sites excluding steroid dienone is 2. The lowest BCUT2D eigenvalue weighted by Crippen LogP contribution is -2.31. The number of benzene rings is 2. The number of hydrogen-bond acceptors (Lipinski definition) is 5. The van der Waals surface area contributed by atoms with E-state index in [-0.39, 0.29) is 11.8 Å². The second kappa shape index (κ2) is 7.04. The molecular weight excluding hydrogens is 388 g/mol. The van der Waals surface area contributed by atoms with Gasteiger partial charge in [-0.25, -0.2) is 4.68 Å². The maximum Gasteiger partial charge on any atom is 0.226 e. The standard InChI is InChI=1S/C22H19ClN4O2/c1-29-14-11-9-13(10-12-14)21-25-22-24-17-7-4-8-18(28)19(17)20(27(22)26-21)15-5-2-3-6-16(15)23/h2-3,5-6,9-12,20H,4,7-8H2,1H3,(H,24,25,26)/t20-/m1/s1. The van der Waals surface area contributed by atoms with Crippen molar-refractivity contribution < 1.29 is 9.53 Å². The van der Waals surface area contributed by atoms with Gasteiger partial charge in [0, 0.05) is 33.8 Å². The highest BCUT2D eigenvalue weighted by Gasteiger charge is 2.37. The summed E-state index contributed by atoms with van der Waals surface area (Å²) in [7, 11) is 1.63. The second-order valence-electron chi connectivity index (χ2n) is 7.15. The highest BCUT2D eigenvalue weighted by atomic mass is 35.5. The maximum absolute atomic E-state index is 12.9. The predicted molar refractivity (Wildman–Crippen MR) is 111 cm³/mol. The Labute approximate surface area is 173 Å². The fourth-order valence-corrected chi connectivity index (χ4v) is 4.24. The van der Waals surface area contributed by atoms with Crippen molar-refractivity contribution in [2.45, 2.75) is 25.3 Å². The topological polar surface area (TPSA) is 69.0 Å². The zero-order chi connectivity index (χ0) is 20.0. The van der Waals surface area contributed by atoms with E-state index in [4.69, 9.17) is 26.4 Å². The number of methoxy groups -OCH3 is 1. The summed E-state index contributed by atoms with van der Waals surface area (Å²) in [6, 6.07) is 14.8. The van der Waals surface area contributed by atoms with E-state index in [0.717, 1.165) is 41.0 Å². The summed E-state index contributed by atoms with van der Waals surface area (Å²) in [5, 5.41) is 8.71. The largest absolute Gasteiger partial charge is 0.497 e. The van der Waals surface area contributed by atoms with E-state index in [1.54, 1.807) is 11.8 Å². The van der Waals surface area contributed by atoms with Gasteiger partial charge in [-0.3, -0.25) is 4.79 Å². The van der Waals surface area contributed by atoms with Crippen LogP contribution in [0.3, 0.4) is 0 Å². The van der Waals surface area contributed by atoms with E-state index in [1.807, 2.05) is 48.5 Å². The molecular formula is C22H19ClN4O2. The Hall–Kier alpha value is -3.12. The Balaban J connectivity index is 1.66. The van der Waals surface area contributed by atoms with E-state index in [2.05, 4.69) is 5.32 Å². The molecule has 0 amide bonds. The molecule has 7 heteroatoms. The molecule has 1 aliphatic heterocycles. The smallest absolute Gasteiger partial charge is 0.226 e. The average molecular weight is 407 g/mol. The van der Waals surface area contributed by atoms with E-state index in [0.29, 0.717) is 23.2 Å². The number of rotatable bonds is 3. The average Bonchev–Trinajstić information content (AvgIpc) is 3.17. The van der Waals surface area contributed by atoms with Gasteiger partial charge in [-0.2, -0.15) is 4.98 Å². The van der Waals surface area contributed by atoms with Gasteiger partial charge in [0.2, 0.25) is 5.95 Å². The molecule has 1 aliphatic carbocycles. The van der Waals surface area contributed by atoms with E-state index in [1.165, 1.54) is 0 Å². The quantitative estimate of drug-likeness (QED) is 0.686. The monoisotopic (exact) mass is 406 g/mol. The summed E-state index contributed by atoms with van der Waals surface area (Å²) in [6.07, 6.45) is 2.18. The number of nitrogens with zero attached hydrogens (tertiary/aromatic N) is 3. The number of anilines is 1. The molecule has 0 saturated carbocycles. The Morgan fingerprint density at radius 3 is 2.69 bits per heavy atom. The fraction of sp³-hybridized carbons (Fsp3) is 0.227. The highest BCUT2D eigenvalue weighted by Crippen LogP contribution is 2.42. The molecule has 1 aromatic heterocycles. The van der Waals surface area contributed by atoms with E-state index < -0.39 is 0 Å². The second-order valence-corrected chi connectivity index (χ2v) is 7.56. The van der Waals surface area contributed by atoms with Crippen LogP contribution in [0.5, 0.6) is 5.75 Å². The fourth-order valence-electron chi connectivity index (χ4n) is 4.00. The van der Waals surface area contributed by atoms with Gasteiger partial charge in [0.1, 0.15) is 11.8 Å². The summed E-state index contributed by atoms with van der Waals surface area (Å²) in [4.78, 5) is 17.6. The van der Waals surface area contributed by atoms with Crippen LogP contribution < -0.4 is 10.1 Å². The Morgan fingerprint density at radius 1 is 1.14 bits per heavy atom. The van der Waals surface area contributed by atoms with Gasteiger partial charge in [0.15, 0.2) is 11.6 Å². The molecule has 0 saturated heterocycles. The van der Waals surface area contributed by atoms with Gasteiger partial charge in [0.25, 0.3) is 0 Å². The van der Waals surface area contributed by atoms with Gasteiger partial charge < -0.3 is 10.1 Å². The summed E-state index contributed by atoms with van der Waals surface area (Å²) in [5.74, 6) is 2.11. The van der Waals surface area contributed by atoms with E-state index >= 15 is 0 Å². The van der Waals surface area contributed by atoms with Crippen LogP contribution in [0.15, 0.2) is 59.8 Å². The summed E-state index contributed by atoms with van der Waals surface area (Å²) >= 11 is 6.53. The van der Waals surface area contributed by atoms with Crippen molar-refractivity contribution in [3.8, 4) is 17.1 Å². The van der Waals surface area contributed by atoms with Crippen molar-refractivity contribution in [3.63, 3.8) is 0 Å². The Morgan fingerprint density at radius 2 is 1.93 bits per heavy atom. The van der Waals surface area contributed by atoms with Crippen LogP contribution in [-0.2, 0) is 4.79 Å². The van der Waals surface area contributed by atoms with Crippen molar-refractivity contribution in [3.05, 3.63) is 70.4 Å². The molecule has 0 fully saturated rings. The van der Waals surface area contributed by atoms with Crippen LogP contribution in [0, 0.1) is 0 Å². The van der Waals surface area contributed by atoms with Crippen LogP contribution >= 0.6 is 11.6 Å². The molecule has 146 valence electrons. The zero-order valence-corrected chi connectivity index (χ0v) is 16.6. The Kier molecular flexibility index (Phi) is 4.36. The first-order chi connectivity index (χ1) is 14.2. The first-order valence-electron chi connectivity index (χ1n) is 9.54. The number of ketones is 1. The molecule has 6 nitrogen and oxygen atoms in total. The number of nitrogens with one attached hydrogen (secondary N) is 1. The van der Waals surface area contributed by atoms with Crippen molar-refractivity contribution in [2.75, 3.05) is 12.4 Å². The van der Waals surface area contributed by atoms with Crippen molar-refractivity contribution >= 4 is 23.3 Å². The third kappa shape index (κ3) is 3.00. The lowest BCUT2D eigenvalue weighted by atomic mass is 9.85. The molecule has 29 heavy (non-hydrogen) atoms. The molecule has 2 aromatic carbocycles. The van der Waals surface area contributed by atoms with Crippen molar-refractivity contribution in [2.24, 2.45) is 0 Å². The Bertz CT molecular complexity index is 1130. The summed E-state index contributed by atoms with van der Waals surface area (Å²) in [5.41, 5.74) is 3.39. The molecule has 0 radical (unpaired) electrons. The normalized spacial score (nSPS) is 18.1. The summed E-state index contributed by atoms with van der Waals surface area (Å²) in [6.45, 7) is 0. The third-order valence-corrected chi connectivity index (χ3v) is 5.76. The molecule has 2 heterocycles. The molecule has 0 unspecified atom stereocenters. The summed E-state index contributed by atoms with van der Waals surface area (Å²) < 4.78 is 7.01. The molecule has 0 spiro atoms. The van der Waals surface area contributed by atoms with Crippen LogP contribution in [0.4, 0.5) is 5.95 Å². The van der Waals surface area contributed by atoms with Crippen LogP contribution in [0.1, 0.15) is 30.9 Å². The predicted octanol–water partition coefficient (Wildman–Crippen LogP) is 4.63. The SMILES string of the molecule is COc1ccc(-c2nc3n(n2)[C@H](c2ccccc2Cl)C2=C(CCCC2=O)N3)cc1. The zero-order valence-electron chi connectivity index (χ0n) is 15.9. The van der Waals surface area contributed by atoms with Gasteiger partial charge in [-0.1, -0.05) is 29.8 Å². The maximum atomic E-state index is 12.9. The van der Waals surface area contributed by atoms with E-state index in [9.17, 15) is 4.79 Å². The molecule has 1 atom stereocenters. The molecule has 3 aromatic rings. The highest BCUT2D eigenvalue weighted by molar-refractivity contribution is 6.31. The molecule has 1 N–H and O–H groups in total. The van der Waals surface area contributed by atoms with Crippen molar-refractivity contribution in [1.29, 1.82) is 0 Å². The van der Waals surface area contributed by atoms with Gasteiger partial charge in [-0.05, 0) is 43.2 Å². The van der Waals surface area contributed by atoms with Crippen LogP contribution in [0.2, 0.25) is 5.02 Å². The minimum absolute atomic E-state index is 0.135. The third-order valence-electron chi connectivity index (χ3n) is 5.42. The lowest BCUT2D eigenvalue weighted by molar-refractivity contribution is -0.116. The van der Waals surface area contributed by atoms with Crippen LogP contribution in [-0.4, -0.2) is 27.7 Å². The number of halogens is 1. The molecule has 2 aliphatic rings. The minimum atomic E-state index is -0.387. The number of carbonyl (C=O) groups excluding carboxylic acids is 1. The van der Waals surface area contributed by atoms with Gasteiger partial charge in [0.05, 0.1) is 7.11 Å². The number of fused-ring (bicyclic) bond motifs is 1. The first kappa shape index (κ1) is 17.9. The van der Waals surface area contributed by atoms with Gasteiger partial charge in [-0.15, -0.1) is 5.10 Å². The number of ether oxygens (including phenoxy) is 1. The van der Waals surface area contributed by atoms with Crippen LogP contribution in [0.25, 0.3) is 11.4 Å². The molecule has 0 bridgehead atoms. The van der Waals surface area contributed by atoms with Gasteiger partial charge >= 0.3 is 0 Å².